The van der Waals surface area contributed by atoms with E-state index in [1.165, 1.54) is 6.07 Å². The highest BCUT2D eigenvalue weighted by atomic mass is 32.2. The molecule has 7 heteroatoms. The fourth-order valence-corrected chi connectivity index (χ4v) is 3.45. The SMILES string of the molecule is COCCc1ccc(S(=O)(=O)Nc2ccc3oc(=O)ccc3c2)cc1. The number of methoxy groups -OCH3 is 1. The second-order valence-corrected chi connectivity index (χ2v) is 7.18. The largest absolute Gasteiger partial charge is 0.423 e. The Morgan fingerprint density at radius 1 is 1.04 bits per heavy atom. The van der Waals surface area contributed by atoms with Crippen LogP contribution >= 0.6 is 0 Å². The molecule has 6 nitrogen and oxygen atoms in total. The molecular weight excluding hydrogens is 342 g/mol. The van der Waals surface area contributed by atoms with Crippen molar-refractivity contribution in [3.05, 3.63) is 70.6 Å². The van der Waals surface area contributed by atoms with Crippen LogP contribution < -0.4 is 10.3 Å². The molecule has 0 aliphatic carbocycles. The minimum Gasteiger partial charge on any atom is -0.423 e. The van der Waals surface area contributed by atoms with Gasteiger partial charge >= 0.3 is 5.63 Å². The summed E-state index contributed by atoms with van der Waals surface area (Å²) < 4.78 is 37.6. The zero-order valence-corrected chi connectivity index (χ0v) is 14.4. The molecule has 0 aliphatic heterocycles. The number of anilines is 1. The average molecular weight is 359 g/mol. The smallest absolute Gasteiger partial charge is 0.336 e. The molecule has 2 aromatic carbocycles. The van der Waals surface area contributed by atoms with Gasteiger partial charge in [-0.2, -0.15) is 0 Å². The molecule has 0 spiro atoms. The maximum atomic E-state index is 12.5. The Balaban J connectivity index is 1.83. The number of hydrogen-bond acceptors (Lipinski definition) is 5. The van der Waals surface area contributed by atoms with Crippen LogP contribution in [0, 0.1) is 0 Å². The van der Waals surface area contributed by atoms with Gasteiger partial charge in [0, 0.05) is 24.2 Å². The van der Waals surface area contributed by atoms with Crippen molar-refractivity contribution in [3.8, 4) is 0 Å². The van der Waals surface area contributed by atoms with Crippen LogP contribution in [-0.2, 0) is 21.2 Å². The van der Waals surface area contributed by atoms with Gasteiger partial charge in [-0.1, -0.05) is 12.1 Å². The molecule has 1 heterocycles. The van der Waals surface area contributed by atoms with Gasteiger partial charge in [0.25, 0.3) is 10.0 Å². The van der Waals surface area contributed by atoms with Crippen molar-refractivity contribution in [1.29, 1.82) is 0 Å². The lowest BCUT2D eigenvalue weighted by Gasteiger charge is -2.09. The second kappa shape index (κ2) is 7.08. The van der Waals surface area contributed by atoms with Crippen molar-refractivity contribution in [3.63, 3.8) is 0 Å². The van der Waals surface area contributed by atoms with E-state index in [9.17, 15) is 13.2 Å². The molecule has 0 saturated carbocycles. The third-order valence-corrected chi connectivity index (χ3v) is 5.10. The quantitative estimate of drug-likeness (QED) is 0.684. The van der Waals surface area contributed by atoms with Gasteiger partial charge in [0.15, 0.2) is 0 Å². The van der Waals surface area contributed by atoms with Crippen LogP contribution in [0.5, 0.6) is 0 Å². The first-order valence-corrected chi connectivity index (χ1v) is 9.11. The van der Waals surface area contributed by atoms with Crippen LogP contribution in [0.2, 0.25) is 0 Å². The average Bonchev–Trinajstić information content (AvgIpc) is 2.60. The Hall–Kier alpha value is -2.64. The van der Waals surface area contributed by atoms with Crippen LogP contribution in [0.1, 0.15) is 5.56 Å². The first kappa shape index (κ1) is 17.2. The molecule has 0 saturated heterocycles. The molecule has 1 aromatic heterocycles. The van der Waals surface area contributed by atoms with Crippen molar-refractivity contribution in [2.75, 3.05) is 18.4 Å². The van der Waals surface area contributed by atoms with Gasteiger partial charge in [-0.15, -0.1) is 0 Å². The van der Waals surface area contributed by atoms with Gasteiger partial charge in [-0.05, 0) is 48.4 Å². The number of sulfonamides is 1. The third-order valence-electron chi connectivity index (χ3n) is 3.70. The number of rotatable bonds is 6. The van der Waals surface area contributed by atoms with E-state index in [1.807, 2.05) is 0 Å². The van der Waals surface area contributed by atoms with Crippen LogP contribution in [0.25, 0.3) is 11.0 Å². The molecule has 1 N–H and O–H groups in total. The minimum atomic E-state index is -3.70. The zero-order valence-electron chi connectivity index (χ0n) is 13.6. The predicted octanol–water partition coefficient (Wildman–Crippen LogP) is 2.78. The second-order valence-electron chi connectivity index (χ2n) is 5.50. The van der Waals surface area contributed by atoms with Gasteiger partial charge in [-0.3, -0.25) is 4.72 Å². The number of fused-ring (bicyclic) bond motifs is 1. The molecule has 3 aromatic rings. The van der Waals surface area contributed by atoms with Crippen LogP contribution in [-0.4, -0.2) is 22.1 Å². The summed E-state index contributed by atoms with van der Waals surface area (Å²) >= 11 is 0. The highest BCUT2D eigenvalue weighted by molar-refractivity contribution is 7.92. The van der Waals surface area contributed by atoms with Gasteiger partial charge in [0.05, 0.1) is 11.5 Å². The van der Waals surface area contributed by atoms with Gasteiger partial charge < -0.3 is 9.15 Å². The van der Waals surface area contributed by atoms with E-state index in [0.717, 1.165) is 12.0 Å². The zero-order chi connectivity index (χ0) is 17.9. The van der Waals surface area contributed by atoms with Crippen molar-refractivity contribution in [2.45, 2.75) is 11.3 Å². The number of nitrogens with one attached hydrogen (secondary N) is 1. The molecule has 0 bridgehead atoms. The summed E-state index contributed by atoms with van der Waals surface area (Å²) in [4.78, 5) is 11.4. The van der Waals surface area contributed by atoms with Crippen molar-refractivity contribution in [2.24, 2.45) is 0 Å². The molecule has 0 unspecified atom stereocenters. The summed E-state index contributed by atoms with van der Waals surface area (Å²) in [5, 5.41) is 0.634. The summed E-state index contributed by atoms with van der Waals surface area (Å²) in [6.07, 6.45) is 0.722. The highest BCUT2D eigenvalue weighted by Crippen LogP contribution is 2.21. The predicted molar refractivity (Wildman–Crippen MR) is 95.3 cm³/mol. The van der Waals surface area contributed by atoms with Crippen molar-refractivity contribution in [1.82, 2.24) is 0 Å². The lowest BCUT2D eigenvalue weighted by Crippen LogP contribution is -2.13. The van der Waals surface area contributed by atoms with E-state index >= 15 is 0 Å². The molecule has 0 radical (unpaired) electrons. The molecule has 130 valence electrons. The Kier molecular flexibility index (Phi) is 4.87. The lowest BCUT2D eigenvalue weighted by atomic mass is 10.2. The third kappa shape index (κ3) is 4.07. The van der Waals surface area contributed by atoms with Crippen molar-refractivity contribution >= 4 is 26.7 Å². The van der Waals surface area contributed by atoms with Gasteiger partial charge in [0.2, 0.25) is 0 Å². The summed E-state index contributed by atoms with van der Waals surface area (Å²) in [7, 11) is -2.08. The fraction of sp³-hybridized carbons (Fsp3) is 0.167. The topological polar surface area (TPSA) is 85.6 Å². The standard InChI is InChI=1S/C18H17NO5S/c1-23-11-10-13-2-6-16(7-3-13)25(21,22)19-15-5-8-17-14(12-15)4-9-18(20)24-17/h2-9,12,19H,10-11H2,1H3. The Bertz CT molecular complexity index is 1040. The molecule has 25 heavy (non-hydrogen) atoms. The van der Waals surface area contributed by atoms with Crippen molar-refractivity contribution < 1.29 is 17.6 Å². The van der Waals surface area contributed by atoms with Gasteiger partial charge in [-0.25, -0.2) is 13.2 Å². The van der Waals surface area contributed by atoms with E-state index in [-0.39, 0.29) is 4.90 Å². The summed E-state index contributed by atoms with van der Waals surface area (Å²) in [6.45, 7) is 0.581. The summed E-state index contributed by atoms with van der Waals surface area (Å²) in [5.41, 5.74) is 1.35. The molecule has 0 amide bonds. The van der Waals surface area contributed by atoms with E-state index < -0.39 is 15.6 Å². The van der Waals surface area contributed by atoms with E-state index in [2.05, 4.69) is 4.72 Å². The van der Waals surface area contributed by atoms with E-state index in [0.29, 0.717) is 23.3 Å². The molecule has 0 atom stereocenters. The number of benzene rings is 2. The normalized spacial score (nSPS) is 11.6. The van der Waals surface area contributed by atoms with E-state index in [1.54, 1.807) is 55.6 Å². The molecule has 0 fully saturated rings. The first-order chi connectivity index (χ1) is 12.0. The summed E-state index contributed by atoms with van der Waals surface area (Å²) in [6, 6.07) is 14.3. The fourth-order valence-electron chi connectivity index (χ4n) is 2.40. The molecular formula is C18H17NO5S. The summed E-state index contributed by atoms with van der Waals surface area (Å²) in [5.74, 6) is 0. The van der Waals surface area contributed by atoms with Crippen LogP contribution in [0.3, 0.4) is 0 Å². The Morgan fingerprint density at radius 3 is 2.52 bits per heavy atom. The highest BCUT2D eigenvalue weighted by Gasteiger charge is 2.14. The maximum Gasteiger partial charge on any atom is 0.336 e. The number of hydrogen-bond donors (Lipinski definition) is 1. The molecule has 3 rings (SSSR count). The van der Waals surface area contributed by atoms with E-state index in [4.69, 9.17) is 9.15 Å². The van der Waals surface area contributed by atoms with Crippen LogP contribution in [0.4, 0.5) is 5.69 Å². The van der Waals surface area contributed by atoms with Crippen LogP contribution in [0.15, 0.2) is 68.7 Å². The Labute approximate surface area is 145 Å². The Morgan fingerprint density at radius 2 is 1.80 bits per heavy atom. The lowest BCUT2D eigenvalue weighted by molar-refractivity contribution is 0.202. The van der Waals surface area contributed by atoms with Gasteiger partial charge in [0.1, 0.15) is 5.58 Å². The first-order valence-electron chi connectivity index (χ1n) is 7.62. The molecule has 0 aliphatic rings. The maximum absolute atomic E-state index is 12.5. The minimum absolute atomic E-state index is 0.174. The monoisotopic (exact) mass is 359 g/mol. The number of ether oxygens (including phenoxy) is 1.